The Kier molecular flexibility index (Phi) is 2.70. The minimum atomic E-state index is -0.464. The van der Waals surface area contributed by atoms with E-state index >= 15 is 0 Å². The van der Waals surface area contributed by atoms with Gasteiger partial charge in [0.15, 0.2) is 11.9 Å². The predicted octanol–water partition coefficient (Wildman–Crippen LogP) is 3.89. The molecule has 1 atom stereocenters. The zero-order valence-electron chi connectivity index (χ0n) is 9.15. The fourth-order valence-electron chi connectivity index (χ4n) is 1.98. The third-order valence-corrected chi connectivity index (χ3v) is 3.39. The molecule has 0 radical (unpaired) electrons. The van der Waals surface area contributed by atoms with Gasteiger partial charge in [0.1, 0.15) is 17.3 Å². The lowest BCUT2D eigenvalue weighted by atomic mass is 9.99. The highest BCUT2D eigenvalue weighted by Gasteiger charge is 2.31. The first kappa shape index (κ1) is 11.5. The monoisotopic (exact) mass is 310 g/mol. The lowest BCUT2D eigenvalue weighted by Crippen LogP contribution is -2.20. The summed E-state index contributed by atoms with van der Waals surface area (Å²) in [6, 6.07) is 5.95. The van der Waals surface area contributed by atoms with Crippen LogP contribution in [-0.2, 0) is 0 Å². The number of fused-ring (bicyclic) bond motifs is 1. The smallest absolute Gasteiger partial charge is 0.170 e. The van der Waals surface area contributed by atoms with Crippen molar-refractivity contribution in [3.05, 3.63) is 52.1 Å². The van der Waals surface area contributed by atoms with Crippen LogP contribution in [0.3, 0.4) is 0 Å². The summed E-state index contributed by atoms with van der Waals surface area (Å²) < 4.78 is 24.6. The summed E-state index contributed by atoms with van der Waals surface area (Å²) >= 11 is 3.20. The molecule has 0 spiro atoms. The van der Waals surface area contributed by atoms with E-state index < -0.39 is 11.9 Å². The second-order valence-corrected chi connectivity index (χ2v) is 4.87. The lowest BCUT2D eigenvalue weighted by Gasteiger charge is -2.24. The van der Waals surface area contributed by atoms with Crippen molar-refractivity contribution >= 4 is 21.7 Å². The summed E-state index contributed by atoms with van der Waals surface area (Å²) in [6.07, 6.45) is 1.22. The Hall–Kier alpha value is -1.62. The summed E-state index contributed by atoms with van der Waals surface area (Å²) in [5.41, 5.74) is 0.268. The second-order valence-electron chi connectivity index (χ2n) is 4.01. The first-order chi connectivity index (χ1) is 8.65. The van der Waals surface area contributed by atoms with Crippen molar-refractivity contribution in [1.82, 2.24) is 0 Å². The van der Waals surface area contributed by atoms with Gasteiger partial charge < -0.3 is 9.15 Å². The molecule has 5 heteroatoms. The van der Waals surface area contributed by atoms with Gasteiger partial charge in [0, 0.05) is 0 Å². The Labute approximate surface area is 111 Å². The Balaban J connectivity index is 2.05. The summed E-state index contributed by atoms with van der Waals surface area (Å²) in [6.45, 7) is 0. The number of hydrogen-bond acceptors (Lipinski definition) is 3. The Morgan fingerprint density at radius 2 is 2.22 bits per heavy atom. The molecule has 0 fully saturated rings. The van der Waals surface area contributed by atoms with Crippen LogP contribution in [0.1, 0.15) is 28.6 Å². The van der Waals surface area contributed by atoms with E-state index in [2.05, 4.69) is 15.9 Å². The van der Waals surface area contributed by atoms with Crippen molar-refractivity contribution in [3.63, 3.8) is 0 Å². The molecule has 2 heterocycles. The lowest BCUT2D eigenvalue weighted by molar-refractivity contribution is 0.0814. The van der Waals surface area contributed by atoms with E-state index in [9.17, 15) is 9.18 Å². The van der Waals surface area contributed by atoms with E-state index in [1.807, 2.05) is 0 Å². The van der Waals surface area contributed by atoms with Crippen LogP contribution < -0.4 is 4.74 Å². The normalized spacial score (nSPS) is 18.3. The zero-order chi connectivity index (χ0) is 12.7. The highest BCUT2D eigenvalue weighted by molar-refractivity contribution is 9.10. The maximum Gasteiger partial charge on any atom is 0.170 e. The quantitative estimate of drug-likeness (QED) is 0.802. The van der Waals surface area contributed by atoms with Crippen LogP contribution in [0.4, 0.5) is 4.39 Å². The number of Topliss-reactive ketones (excluding diaryl/α,β-unsaturated/α-hetero) is 1. The molecule has 1 aliphatic rings. The Morgan fingerprint density at radius 1 is 1.39 bits per heavy atom. The summed E-state index contributed by atoms with van der Waals surface area (Å²) in [7, 11) is 0. The van der Waals surface area contributed by atoms with Crippen molar-refractivity contribution in [3.8, 4) is 5.75 Å². The number of carbonyl (C=O) groups is 1. The first-order valence-corrected chi connectivity index (χ1v) is 6.17. The topological polar surface area (TPSA) is 39.4 Å². The predicted molar refractivity (Wildman–Crippen MR) is 65.1 cm³/mol. The number of ether oxygens (including phenoxy) is 1. The largest absolute Gasteiger partial charge is 0.480 e. The van der Waals surface area contributed by atoms with E-state index in [1.165, 1.54) is 18.4 Å². The van der Waals surface area contributed by atoms with Crippen LogP contribution >= 0.6 is 15.9 Å². The average Bonchev–Trinajstić information content (AvgIpc) is 2.83. The highest BCUT2D eigenvalue weighted by atomic mass is 79.9. The molecule has 1 unspecified atom stereocenters. The third-order valence-electron chi connectivity index (χ3n) is 2.80. The van der Waals surface area contributed by atoms with E-state index in [1.54, 1.807) is 12.1 Å². The van der Waals surface area contributed by atoms with Crippen LogP contribution in [-0.4, -0.2) is 5.78 Å². The van der Waals surface area contributed by atoms with Gasteiger partial charge >= 0.3 is 0 Å². The fourth-order valence-corrected chi connectivity index (χ4v) is 2.51. The zero-order valence-corrected chi connectivity index (χ0v) is 10.7. The van der Waals surface area contributed by atoms with E-state index in [4.69, 9.17) is 9.15 Å². The molecule has 0 amide bonds. The molecule has 0 aliphatic carbocycles. The molecule has 3 rings (SSSR count). The maximum atomic E-state index is 13.2. The number of benzene rings is 1. The van der Waals surface area contributed by atoms with Crippen LogP contribution in [0.5, 0.6) is 5.75 Å². The number of furan rings is 1. The molecule has 0 bridgehead atoms. The van der Waals surface area contributed by atoms with Crippen molar-refractivity contribution in [2.24, 2.45) is 0 Å². The van der Waals surface area contributed by atoms with Crippen molar-refractivity contribution < 1.29 is 18.3 Å². The highest BCUT2D eigenvalue weighted by Crippen LogP contribution is 2.40. The molecule has 18 heavy (non-hydrogen) atoms. The number of rotatable bonds is 1. The Bertz CT molecular complexity index is 607. The van der Waals surface area contributed by atoms with Crippen LogP contribution in [0, 0.1) is 5.82 Å². The van der Waals surface area contributed by atoms with Gasteiger partial charge in [0.2, 0.25) is 0 Å². The standard InChI is InChI=1S/C13H8BrFO3/c14-9-5-7(15)4-8-10(16)6-12(18-13(8)9)11-2-1-3-17-11/h1-5,12H,6H2. The van der Waals surface area contributed by atoms with Crippen molar-refractivity contribution in [2.45, 2.75) is 12.5 Å². The number of carbonyl (C=O) groups excluding carboxylic acids is 1. The van der Waals surface area contributed by atoms with E-state index in [-0.39, 0.29) is 17.8 Å². The van der Waals surface area contributed by atoms with Gasteiger partial charge in [-0.05, 0) is 40.2 Å². The summed E-state index contributed by atoms with van der Waals surface area (Å²) in [5, 5.41) is 0. The van der Waals surface area contributed by atoms with Crippen molar-refractivity contribution in [1.29, 1.82) is 0 Å². The van der Waals surface area contributed by atoms with Gasteiger partial charge in [-0.1, -0.05) is 0 Å². The van der Waals surface area contributed by atoms with Crippen LogP contribution in [0.2, 0.25) is 0 Å². The van der Waals surface area contributed by atoms with Gasteiger partial charge in [0.05, 0.1) is 22.7 Å². The van der Waals surface area contributed by atoms with Gasteiger partial charge in [0.25, 0.3) is 0 Å². The molecule has 1 aromatic heterocycles. The number of hydrogen-bond donors (Lipinski definition) is 0. The molecule has 3 nitrogen and oxygen atoms in total. The molecule has 2 aromatic rings. The van der Waals surface area contributed by atoms with E-state index in [0.717, 1.165) is 0 Å². The van der Waals surface area contributed by atoms with Crippen LogP contribution in [0.15, 0.2) is 39.4 Å². The fraction of sp³-hybridized carbons (Fsp3) is 0.154. The second kappa shape index (κ2) is 4.24. The average molecular weight is 311 g/mol. The Morgan fingerprint density at radius 3 is 2.94 bits per heavy atom. The number of ketones is 1. The molecule has 1 aliphatic heterocycles. The molecular formula is C13H8BrFO3. The van der Waals surface area contributed by atoms with Gasteiger partial charge in [-0.15, -0.1) is 0 Å². The molecule has 0 N–H and O–H groups in total. The van der Waals surface area contributed by atoms with E-state index in [0.29, 0.717) is 16.0 Å². The molecular weight excluding hydrogens is 303 g/mol. The van der Waals surface area contributed by atoms with Gasteiger partial charge in [-0.2, -0.15) is 0 Å². The molecule has 0 saturated carbocycles. The third kappa shape index (κ3) is 1.84. The minimum Gasteiger partial charge on any atom is -0.480 e. The first-order valence-electron chi connectivity index (χ1n) is 5.37. The molecule has 1 aromatic carbocycles. The SMILES string of the molecule is O=C1CC(c2ccco2)Oc2c(Br)cc(F)cc21. The molecule has 92 valence electrons. The van der Waals surface area contributed by atoms with Crippen molar-refractivity contribution in [2.75, 3.05) is 0 Å². The summed E-state index contributed by atoms with van der Waals surface area (Å²) in [5.74, 6) is 0.339. The maximum absolute atomic E-state index is 13.2. The minimum absolute atomic E-state index is 0.149. The number of halogens is 2. The van der Waals surface area contributed by atoms with Crippen LogP contribution in [0.25, 0.3) is 0 Å². The van der Waals surface area contributed by atoms with Gasteiger partial charge in [-0.3, -0.25) is 4.79 Å². The molecule has 0 saturated heterocycles. The summed E-state index contributed by atoms with van der Waals surface area (Å²) in [4.78, 5) is 12.0. The van der Waals surface area contributed by atoms with Gasteiger partial charge in [-0.25, -0.2) is 4.39 Å².